The fourth-order valence-electron chi connectivity index (χ4n) is 2.57. The molecule has 1 aromatic rings. The molecule has 0 saturated carbocycles. The van der Waals surface area contributed by atoms with E-state index in [2.05, 4.69) is 29.2 Å². The maximum absolute atomic E-state index is 5.56. The summed E-state index contributed by atoms with van der Waals surface area (Å²) in [5.41, 5.74) is 8.45. The number of nitrogens with zero attached hydrogens (tertiary/aromatic N) is 1. The summed E-state index contributed by atoms with van der Waals surface area (Å²) in [5, 5.41) is 0. The summed E-state index contributed by atoms with van der Waals surface area (Å²) in [5.74, 6) is 0. The number of rotatable bonds is 5. The summed E-state index contributed by atoms with van der Waals surface area (Å²) < 4.78 is 0. The van der Waals surface area contributed by atoms with Gasteiger partial charge in [-0.05, 0) is 56.4 Å². The van der Waals surface area contributed by atoms with Gasteiger partial charge < -0.3 is 5.73 Å². The quantitative estimate of drug-likeness (QED) is 0.845. The smallest absolute Gasteiger partial charge is 0.0233 e. The topological polar surface area (TPSA) is 29.3 Å². The Morgan fingerprint density at radius 2 is 1.82 bits per heavy atom. The zero-order valence-corrected chi connectivity index (χ0v) is 10.7. The first kappa shape index (κ1) is 12.6. The monoisotopic (exact) mass is 232 g/mol. The third kappa shape index (κ3) is 4.14. The molecule has 1 aliphatic heterocycles. The van der Waals surface area contributed by atoms with Gasteiger partial charge in [0.05, 0.1) is 0 Å². The summed E-state index contributed by atoms with van der Waals surface area (Å²) in [4.78, 5) is 2.57. The first-order valence-corrected chi connectivity index (χ1v) is 6.89. The molecule has 1 heterocycles. The van der Waals surface area contributed by atoms with Crippen molar-refractivity contribution in [2.24, 2.45) is 5.73 Å². The first-order valence-electron chi connectivity index (χ1n) is 6.89. The van der Waals surface area contributed by atoms with E-state index in [-0.39, 0.29) is 0 Å². The zero-order valence-electron chi connectivity index (χ0n) is 10.7. The van der Waals surface area contributed by atoms with Crippen LogP contribution in [0.2, 0.25) is 0 Å². The second-order valence-electron chi connectivity index (χ2n) is 5.05. The van der Waals surface area contributed by atoms with Gasteiger partial charge in [0, 0.05) is 6.54 Å². The summed E-state index contributed by atoms with van der Waals surface area (Å²) in [7, 11) is 0. The maximum atomic E-state index is 5.56. The number of aryl methyl sites for hydroxylation is 1. The van der Waals surface area contributed by atoms with Crippen molar-refractivity contribution in [2.45, 2.75) is 38.6 Å². The Morgan fingerprint density at radius 1 is 1.06 bits per heavy atom. The molecule has 2 N–H and O–H groups in total. The van der Waals surface area contributed by atoms with E-state index >= 15 is 0 Å². The highest BCUT2D eigenvalue weighted by molar-refractivity contribution is 5.23. The van der Waals surface area contributed by atoms with Crippen LogP contribution in [0.15, 0.2) is 24.3 Å². The average molecular weight is 232 g/mol. The van der Waals surface area contributed by atoms with Crippen molar-refractivity contribution in [3.63, 3.8) is 0 Å². The van der Waals surface area contributed by atoms with Crippen molar-refractivity contribution in [1.82, 2.24) is 4.90 Å². The summed E-state index contributed by atoms with van der Waals surface area (Å²) >= 11 is 0. The molecule has 0 bridgehead atoms. The number of nitrogens with two attached hydrogens (primary N) is 1. The van der Waals surface area contributed by atoms with E-state index in [0.29, 0.717) is 0 Å². The van der Waals surface area contributed by atoms with Gasteiger partial charge in [-0.1, -0.05) is 30.7 Å². The predicted molar refractivity (Wildman–Crippen MR) is 72.9 cm³/mol. The van der Waals surface area contributed by atoms with E-state index in [9.17, 15) is 0 Å². The number of hydrogen-bond acceptors (Lipinski definition) is 2. The summed E-state index contributed by atoms with van der Waals surface area (Å²) in [6.07, 6.45) is 6.35. The molecule has 2 rings (SSSR count). The average Bonchev–Trinajstić information content (AvgIpc) is 2.38. The molecular weight excluding hydrogens is 208 g/mol. The lowest BCUT2D eigenvalue weighted by molar-refractivity contribution is 0.221. The molecule has 0 amide bonds. The van der Waals surface area contributed by atoms with Gasteiger partial charge in [0.1, 0.15) is 0 Å². The van der Waals surface area contributed by atoms with Crippen LogP contribution in [0.5, 0.6) is 0 Å². The Kier molecular flexibility index (Phi) is 5.02. The van der Waals surface area contributed by atoms with E-state index < -0.39 is 0 Å². The summed E-state index contributed by atoms with van der Waals surface area (Å²) in [6.45, 7) is 4.45. The molecule has 0 spiro atoms. The molecule has 1 aromatic carbocycles. The Labute approximate surface area is 105 Å². The molecule has 0 aliphatic carbocycles. The van der Waals surface area contributed by atoms with Crippen molar-refractivity contribution in [3.8, 4) is 0 Å². The van der Waals surface area contributed by atoms with Crippen LogP contribution < -0.4 is 5.73 Å². The van der Waals surface area contributed by atoms with Gasteiger partial charge in [-0.15, -0.1) is 0 Å². The van der Waals surface area contributed by atoms with Crippen LogP contribution in [0.1, 0.15) is 36.8 Å². The number of benzene rings is 1. The van der Waals surface area contributed by atoms with Crippen LogP contribution >= 0.6 is 0 Å². The highest BCUT2D eigenvalue weighted by atomic mass is 15.1. The third-order valence-electron chi connectivity index (χ3n) is 3.52. The molecule has 0 radical (unpaired) electrons. The molecule has 17 heavy (non-hydrogen) atoms. The van der Waals surface area contributed by atoms with Gasteiger partial charge in [-0.25, -0.2) is 0 Å². The van der Waals surface area contributed by atoms with E-state index in [0.717, 1.165) is 25.9 Å². The fourth-order valence-corrected chi connectivity index (χ4v) is 2.57. The lowest BCUT2D eigenvalue weighted by atomic mass is 10.0. The largest absolute Gasteiger partial charge is 0.330 e. The Balaban J connectivity index is 1.90. The first-order chi connectivity index (χ1) is 8.38. The van der Waals surface area contributed by atoms with Crippen LogP contribution in [0, 0.1) is 0 Å². The van der Waals surface area contributed by atoms with Crippen molar-refractivity contribution in [2.75, 3.05) is 19.6 Å². The Morgan fingerprint density at radius 3 is 2.59 bits per heavy atom. The third-order valence-corrected chi connectivity index (χ3v) is 3.52. The van der Waals surface area contributed by atoms with Gasteiger partial charge in [-0.3, -0.25) is 4.90 Å². The molecule has 1 aliphatic rings. The fraction of sp³-hybridized carbons (Fsp3) is 0.600. The van der Waals surface area contributed by atoms with Crippen LogP contribution in [-0.4, -0.2) is 24.5 Å². The minimum atomic E-state index is 0.788. The standard InChI is InChI=1S/C15H24N2/c16-9-5-8-14-6-4-7-15(12-14)13-17-10-2-1-3-11-17/h4,6-7,12H,1-3,5,8-11,13,16H2. The Bertz CT molecular complexity index is 329. The molecular formula is C15H24N2. The highest BCUT2D eigenvalue weighted by Crippen LogP contribution is 2.14. The van der Waals surface area contributed by atoms with Gasteiger partial charge >= 0.3 is 0 Å². The van der Waals surface area contributed by atoms with Gasteiger partial charge in [0.25, 0.3) is 0 Å². The van der Waals surface area contributed by atoms with Gasteiger partial charge in [0.15, 0.2) is 0 Å². The van der Waals surface area contributed by atoms with Gasteiger partial charge in [0.2, 0.25) is 0 Å². The van der Waals surface area contributed by atoms with Crippen LogP contribution in [0.4, 0.5) is 0 Å². The second-order valence-corrected chi connectivity index (χ2v) is 5.05. The zero-order chi connectivity index (χ0) is 11.9. The Hall–Kier alpha value is -0.860. The molecule has 0 aromatic heterocycles. The number of piperidine rings is 1. The van der Waals surface area contributed by atoms with Crippen LogP contribution in [0.3, 0.4) is 0 Å². The molecule has 0 atom stereocenters. The minimum absolute atomic E-state index is 0.788. The number of hydrogen-bond donors (Lipinski definition) is 1. The van der Waals surface area contributed by atoms with E-state index in [1.165, 1.54) is 43.5 Å². The van der Waals surface area contributed by atoms with Gasteiger partial charge in [-0.2, -0.15) is 0 Å². The van der Waals surface area contributed by atoms with Crippen molar-refractivity contribution in [1.29, 1.82) is 0 Å². The SMILES string of the molecule is NCCCc1cccc(CN2CCCCC2)c1. The van der Waals surface area contributed by atoms with Crippen LogP contribution in [0.25, 0.3) is 0 Å². The second kappa shape index (κ2) is 6.77. The van der Waals surface area contributed by atoms with Crippen molar-refractivity contribution >= 4 is 0 Å². The molecule has 1 fully saturated rings. The van der Waals surface area contributed by atoms with E-state index in [4.69, 9.17) is 5.73 Å². The summed E-state index contributed by atoms with van der Waals surface area (Å²) in [6, 6.07) is 9.01. The lowest BCUT2D eigenvalue weighted by Crippen LogP contribution is -2.29. The minimum Gasteiger partial charge on any atom is -0.330 e. The van der Waals surface area contributed by atoms with Crippen molar-refractivity contribution < 1.29 is 0 Å². The lowest BCUT2D eigenvalue weighted by Gasteiger charge is -2.26. The molecule has 1 saturated heterocycles. The highest BCUT2D eigenvalue weighted by Gasteiger charge is 2.10. The van der Waals surface area contributed by atoms with Crippen LogP contribution in [-0.2, 0) is 13.0 Å². The normalized spacial score (nSPS) is 17.2. The van der Waals surface area contributed by atoms with E-state index in [1.807, 2.05) is 0 Å². The maximum Gasteiger partial charge on any atom is 0.0233 e. The number of likely N-dealkylation sites (tertiary alicyclic amines) is 1. The van der Waals surface area contributed by atoms with Crippen molar-refractivity contribution in [3.05, 3.63) is 35.4 Å². The molecule has 2 heteroatoms. The molecule has 94 valence electrons. The molecule has 2 nitrogen and oxygen atoms in total. The van der Waals surface area contributed by atoms with E-state index in [1.54, 1.807) is 0 Å². The molecule has 0 unspecified atom stereocenters. The predicted octanol–water partition coefficient (Wildman–Crippen LogP) is 2.56.